The lowest BCUT2D eigenvalue weighted by molar-refractivity contribution is -0.0288. The van der Waals surface area contributed by atoms with Crippen LogP contribution in [0.25, 0.3) is 0 Å². The zero-order chi connectivity index (χ0) is 11.9. The summed E-state index contributed by atoms with van der Waals surface area (Å²) in [5.41, 5.74) is 0.632. The van der Waals surface area contributed by atoms with Gasteiger partial charge in [-0.25, -0.2) is 0 Å². The lowest BCUT2D eigenvalue weighted by atomic mass is 9.62. The van der Waals surface area contributed by atoms with Gasteiger partial charge in [-0.3, -0.25) is 0 Å². The van der Waals surface area contributed by atoms with Gasteiger partial charge in [0.15, 0.2) is 0 Å². The van der Waals surface area contributed by atoms with Crippen LogP contribution in [0.15, 0.2) is 0 Å². The van der Waals surface area contributed by atoms with Gasteiger partial charge in [0.05, 0.1) is 6.10 Å². The first-order valence-electron chi connectivity index (χ1n) is 6.30. The number of hydrogen-bond acceptors (Lipinski definition) is 1. The predicted molar refractivity (Wildman–Crippen MR) is 65.7 cm³/mol. The van der Waals surface area contributed by atoms with Crippen molar-refractivity contribution in [1.82, 2.24) is 0 Å². The van der Waals surface area contributed by atoms with Crippen LogP contribution in [0.3, 0.4) is 0 Å². The number of aliphatic hydroxyl groups excluding tert-OH is 1. The molecule has 1 aliphatic carbocycles. The van der Waals surface area contributed by atoms with E-state index in [4.69, 9.17) is 0 Å². The van der Waals surface area contributed by atoms with Crippen molar-refractivity contribution in [3.8, 4) is 0 Å². The summed E-state index contributed by atoms with van der Waals surface area (Å²) < 4.78 is 0. The minimum atomic E-state index is -0.0800. The van der Waals surface area contributed by atoms with Crippen molar-refractivity contribution < 1.29 is 5.11 Å². The molecule has 0 unspecified atom stereocenters. The van der Waals surface area contributed by atoms with Gasteiger partial charge in [0, 0.05) is 0 Å². The fraction of sp³-hybridized carbons (Fsp3) is 1.00. The molecule has 0 bridgehead atoms. The molecule has 0 aromatic rings. The average molecular weight is 212 g/mol. The summed E-state index contributed by atoms with van der Waals surface area (Å²) in [7, 11) is 0. The Hall–Kier alpha value is -0.0400. The molecule has 0 saturated heterocycles. The van der Waals surface area contributed by atoms with E-state index >= 15 is 0 Å². The second kappa shape index (κ2) is 4.08. The molecule has 0 aromatic carbocycles. The van der Waals surface area contributed by atoms with Gasteiger partial charge in [0.2, 0.25) is 0 Å². The van der Waals surface area contributed by atoms with Crippen molar-refractivity contribution in [3.05, 3.63) is 0 Å². The van der Waals surface area contributed by atoms with Crippen molar-refractivity contribution in [2.75, 3.05) is 0 Å². The predicted octanol–water partition coefficient (Wildman–Crippen LogP) is 3.86. The molecule has 3 atom stereocenters. The molecule has 1 aliphatic rings. The number of hydrogen-bond donors (Lipinski definition) is 1. The Morgan fingerprint density at radius 3 is 1.80 bits per heavy atom. The summed E-state index contributed by atoms with van der Waals surface area (Å²) in [6, 6.07) is 0. The molecule has 0 aromatic heterocycles. The topological polar surface area (TPSA) is 20.2 Å². The van der Waals surface area contributed by atoms with Gasteiger partial charge < -0.3 is 5.11 Å². The molecular weight excluding hydrogens is 184 g/mol. The molecule has 1 nitrogen and oxygen atoms in total. The van der Waals surface area contributed by atoms with Crippen LogP contribution in [-0.2, 0) is 0 Å². The largest absolute Gasteiger partial charge is 0.393 e. The maximum absolute atomic E-state index is 10.1. The van der Waals surface area contributed by atoms with E-state index in [9.17, 15) is 5.11 Å². The Balaban J connectivity index is 2.73. The Kier molecular flexibility index (Phi) is 3.55. The van der Waals surface area contributed by atoms with Crippen LogP contribution in [0, 0.1) is 22.7 Å². The second-order valence-corrected chi connectivity index (χ2v) is 7.42. The summed E-state index contributed by atoms with van der Waals surface area (Å²) in [5, 5.41) is 10.1. The average Bonchev–Trinajstić information content (AvgIpc) is 2.00. The maximum atomic E-state index is 10.1. The first-order chi connectivity index (χ1) is 6.62. The summed E-state index contributed by atoms with van der Waals surface area (Å²) in [4.78, 5) is 0. The standard InChI is InChI=1S/C14H28O/c1-13(2,3)10-7-8-12(15)11(9-10)14(4,5)6/h10-12,15H,7-9H2,1-6H3/t10-,11-,12+/m1/s1. The highest BCUT2D eigenvalue weighted by Crippen LogP contribution is 2.46. The molecule has 1 fully saturated rings. The zero-order valence-corrected chi connectivity index (χ0v) is 11.3. The Morgan fingerprint density at radius 2 is 1.40 bits per heavy atom. The fourth-order valence-electron chi connectivity index (χ4n) is 2.87. The van der Waals surface area contributed by atoms with E-state index in [0.29, 0.717) is 11.3 Å². The van der Waals surface area contributed by atoms with Gasteiger partial charge in [-0.1, -0.05) is 41.5 Å². The Labute approximate surface area is 95.3 Å². The van der Waals surface area contributed by atoms with Crippen LogP contribution in [-0.4, -0.2) is 11.2 Å². The Bertz CT molecular complexity index is 206. The normalized spacial score (nSPS) is 34.2. The van der Waals surface area contributed by atoms with E-state index in [1.165, 1.54) is 12.8 Å². The summed E-state index contributed by atoms with van der Waals surface area (Å²) in [6.07, 6.45) is 3.29. The molecule has 0 heterocycles. The van der Waals surface area contributed by atoms with Gasteiger partial charge >= 0.3 is 0 Å². The van der Waals surface area contributed by atoms with Crippen LogP contribution in [0.1, 0.15) is 60.8 Å². The molecule has 1 rings (SSSR count). The van der Waals surface area contributed by atoms with E-state index in [-0.39, 0.29) is 11.5 Å². The summed E-state index contributed by atoms with van der Waals surface area (Å²) in [5.74, 6) is 1.24. The van der Waals surface area contributed by atoms with E-state index in [2.05, 4.69) is 41.5 Å². The van der Waals surface area contributed by atoms with Gasteiger partial charge in [-0.2, -0.15) is 0 Å². The minimum Gasteiger partial charge on any atom is -0.393 e. The third-order valence-corrected chi connectivity index (χ3v) is 4.15. The monoisotopic (exact) mass is 212 g/mol. The van der Waals surface area contributed by atoms with Crippen molar-refractivity contribution in [2.45, 2.75) is 66.9 Å². The van der Waals surface area contributed by atoms with Crippen molar-refractivity contribution in [3.63, 3.8) is 0 Å². The molecule has 0 radical (unpaired) electrons. The smallest absolute Gasteiger partial charge is 0.0573 e. The van der Waals surface area contributed by atoms with E-state index in [0.717, 1.165) is 12.3 Å². The molecule has 0 spiro atoms. The van der Waals surface area contributed by atoms with Crippen LogP contribution < -0.4 is 0 Å². The molecular formula is C14H28O. The van der Waals surface area contributed by atoms with Crippen molar-refractivity contribution >= 4 is 0 Å². The van der Waals surface area contributed by atoms with Crippen LogP contribution >= 0.6 is 0 Å². The first kappa shape index (κ1) is 13.0. The minimum absolute atomic E-state index is 0.0800. The third kappa shape index (κ3) is 3.21. The van der Waals surface area contributed by atoms with Gasteiger partial charge in [-0.05, 0) is 41.9 Å². The molecule has 15 heavy (non-hydrogen) atoms. The second-order valence-electron chi connectivity index (χ2n) is 7.42. The molecule has 90 valence electrons. The van der Waals surface area contributed by atoms with E-state index in [1.54, 1.807) is 0 Å². The molecule has 1 heteroatoms. The van der Waals surface area contributed by atoms with Gasteiger partial charge in [-0.15, -0.1) is 0 Å². The SMILES string of the molecule is CC(C)(C)[C@@H]1CC[C@H](O)[C@H](C(C)(C)C)C1. The lowest BCUT2D eigenvalue weighted by Crippen LogP contribution is -2.40. The van der Waals surface area contributed by atoms with Crippen molar-refractivity contribution in [1.29, 1.82) is 0 Å². The molecule has 0 aliphatic heterocycles. The molecule has 1 saturated carbocycles. The Morgan fingerprint density at radius 1 is 0.867 bits per heavy atom. The highest BCUT2D eigenvalue weighted by molar-refractivity contribution is 4.90. The molecule has 1 N–H and O–H groups in total. The number of rotatable bonds is 0. The first-order valence-corrected chi connectivity index (χ1v) is 6.30. The van der Waals surface area contributed by atoms with Gasteiger partial charge in [0.1, 0.15) is 0 Å². The van der Waals surface area contributed by atoms with Crippen LogP contribution in [0.2, 0.25) is 0 Å². The summed E-state index contributed by atoms with van der Waals surface area (Å²) in [6.45, 7) is 13.8. The summed E-state index contributed by atoms with van der Waals surface area (Å²) >= 11 is 0. The van der Waals surface area contributed by atoms with E-state index in [1.807, 2.05) is 0 Å². The zero-order valence-electron chi connectivity index (χ0n) is 11.3. The molecule has 0 amide bonds. The lowest BCUT2D eigenvalue weighted by Gasteiger charge is -2.45. The third-order valence-electron chi connectivity index (χ3n) is 4.15. The number of aliphatic hydroxyl groups is 1. The van der Waals surface area contributed by atoms with Gasteiger partial charge in [0.25, 0.3) is 0 Å². The highest BCUT2D eigenvalue weighted by atomic mass is 16.3. The quantitative estimate of drug-likeness (QED) is 0.646. The fourth-order valence-corrected chi connectivity index (χ4v) is 2.87. The maximum Gasteiger partial charge on any atom is 0.0573 e. The van der Waals surface area contributed by atoms with Crippen molar-refractivity contribution in [2.24, 2.45) is 22.7 Å². The van der Waals surface area contributed by atoms with Crippen LogP contribution in [0.4, 0.5) is 0 Å². The van der Waals surface area contributed by atoms with E-state index < -0.39 is 0 Å². The highest BCUT2D eigenvalue weighted by Gasteiger charge is 2.40. The van der Waals surface area contributed by atoms with Crippen LogP contribution in [0.5, 0.6) is 0 Å².